The highest BCUT2D eigenvalue weighted by Crippen LogP contribution is 2.29. The molecule has 0 spiro atoms. The SMILES string of the molecule is Cc1ccc(-c2n(C[C]3[CH][CH][CH][CH]3)c3ccccc3[n+]2C)cc1. The maximum absolute atomic E-state index is 2.41. The summed E-state index contributed by atoms with van der Waals surface area (Å²) in [6.07, 6.45) is 8.58. The van der Waals surface area contributed by atoms with E-state index in [9.17, 15) is 0 Å². The van der Waals surface area contributed by atoms with Crippen LogP contribution in [0.5, 0.6) is 0 Å². The predicted octanol–water partition coefficient (Wildman–Crippen LogP) is 3.85. The number of nitrogens with zero attached hydrogens (tertiary/aromatic N) is 2. The maximum atomic E-state index is 2.41. The standard InChI is InChI=1S/C21H20N2/c1-16-11-13-18(14-12-16)21-22(2)19-9-5-6-10-20(19)23(21)15-17-7-3-4-8-17/h3-14H,15H2,1-2H3/q+1. The van der Waals surface area contributed by atoms with Crippen LogP contribution in [0.25, 0.3) is 22.4 Å². The molecule has 1 fully saturated rings. The number of imidazole rings is 1. The predicted molar refractivity (Wildman–Crippen MR) is 93.7 cm³/mol. The first kappa shape index (κ1) is 14.5. The molecule has 0 N–H and O–H groups in total. The molecule has 0 amide bonds. The molecule has 1 saturated carbocycles. The number of hydrogen-bond acceptors (Lipinski definition) is 0. The molecule has 113 valence electrons. The number of para-hydroxylation sites is 2. The largest absolute Gasteiger partial charge is 0.289 e. The highest BCUT2D eigenvalue weighted by molar-refractivity contribution is 5.76. The van der Waals surface area contributed by atoms with Crippen molar-refractivity contribution in [2.75, 3.05) is 0 Å². The van der Waals surface area contributed by atoms with Gasteiger partial charge >= 0.3 is 0 Å². The fourth-order valence-corrected chi connectivity index (χ4v) is 3.30. The average Bonchev–Trinajstić information content (AvgIpc) is 3.17. The van der Waals surface area contributed by atoms with Crippen LogP contribution in [-0.2, 0) is 13.6 Å². The monoisotopic (exact) mass is 300 g/mol. The van der Waals surface area contributed by atoms with Gasteiger partial charge in [-0.1, -0.05) is 29.8 Å². The van der Waals surface area contributed by atoms with Crippen molar-refractivity contribution in [1.29, 1.82) is 0 Å². The number of benzene rings is 2. The minimum atomic E-state index is 0.886. The van der Waals surface area contributed by atoms with E-state index < -0.39 is 0 Å². The first-order valence-electron chi connectivity index (χ1n) is 7.99. The van der Waals surface area contributed by atoms with Gasteiger partial charge in [0.25, 0.3) is 5.82 Å². The number of rotatable bonds is 3. The van der Waals surface area contributed by atoms with Crippen LogP contribution in [0.2, 0.25) is 0 Å². The Kier molecular flexibility index (Phi) is 3.68. The molecule has 1 aliphatic rings. The number of aryl methyl sites for hydroxylation is 2. The van der Waals surface area contributed by atoms with Gasteiger partial charge in [-0.15, -0.1) is 0 Å². The van der Waals surface area contributed by atoms with Crippen molar-refractivity contribution in [2.45, 2.75) is 13.5 Å². The third-order valence-corrected chi connectivity index (χ3v) is 4.49. The quantitative estimate of drug-likeness (QED) is 0.650. The number of fused-ring (bicyclic) bond motifs is 1. The second-order valence-corrected chi connectivity index (χ2v) is 6.12. The minimum absolute atomic E-state index is 0.886. The van der Waals surface area contributed by atoms with Gasteiger partial charge in [-0.2, -0.15) is 0 Å². The lowest BCUT2D eigenvalue weighted by Gasteiger charge is -2.08. The fourth-order valence-electron chi connectivity index (χ4n) is 3.30. The third kappa shape index (κ3) is 2.56. The van der Waals surface area contributed by atoms with Gasteiger partial charge in [-0.3, -0.25) is 0 Å². The first-order valence-corrected chi connectivity index (χ1v) is 7.99. The Labute approximate surface area is 138 Å². The van der Waals surface area contributed by atoms with E-state index >= 15 is 0 Å². The molecule has 1 aromatic heterocycles. The van der Waals surface area contributed by atoms with Crippen LogP contribution in [0, 0.1) is 38.5 Å². The summed E-state index contributed by atoms with van der Waals surface area (Å²) in [7, 11) is 2.15. The van der Waals surface area contributed by atoms with Crippen LogP contribution in [-0.4, -0.2) is 4.57 Å². The van der Waals surface area contributed by atoms with E-state index in [-0.39, 0.29) is 0 Å². The zero-order chi connectivity index (χ0) is 15.8. The summed E-state index contributed by atoms with van der Waals surface area (Å²) in [6.45, 7) is 3.01. The summed E-state index contributed by atoms with van der Waals surface area (Å²) < 4.78 is 4.71. The molecule has 23 heavy (non-hydrogen) atoms. The van der Waals surface area contributed by atoms with Crippen molar-refractivity contribution >= 4 is 11.0 Å². The minimum Gasteiger partial charge on any atom is -0.226 e. The van der Waals surface area contributed by atoms with Crippen molar-refractivity contribution in [3.05, 3.63) is 85.7 Å². The number of hydrogen-bond donors (Lipinski definition) is 0. The van der Waals surface area contributed by atoms with Gasteiger partial charge in [0, 0.05) is 5.92 Å². The van der Waals surface area contributed by atoms with E-state index in [1.165, 1.54) is 33.9 Å². The van der Waals surface area contributed by atoms with Crippen molar-refractivity contribution in [2.24, 2.45) is 7.05 Å². The molecule has 2 heteroatoms. The van der Waals surface area contributed by atoms with E-state index in [0.717, 1.165) is 6.54 Å². The summed E-state index contributed by atoms with van der Waals surface area (Å²) in [4.78, 5) is 0. The van der Waals surface area contributed by atoms with Crippen LogP contribution in [0.3, 0.4) is 0 Å². The Morgan fingerprint density at radius 1 is 0.913 bits per heavy atom. The lowest BCUT2D eigenvalue weighted by atomic mass is 10.1. The van der Waals surface area contributed by atoms with Gasteiger partial charge in [0.15, 0.2) is 11.0 Å². The molecular weight excluding hydrogens is 280 g/mol. The van der Waals surface area contributed by atoms with Gasteiger partial charge in [0.1, 0.15) is 0 Å². The molecule has 5 radical (unpaired) electrons. The molecule has 4 rings (SSSR count). The molecule has 0 atom stereocenters. The molecule has 1 heterocycles. The van der Waals surface area contributed by atoms with Gasteiger partial charge in [0.05, 0.1) is 19.2 Å². The lowest BCUT2D eigenvalue weighted by Crippen LogP contribution is -2.30. The second-order valence-electron chi connectivity index (χ2n) is 6.12. The summed E-state index contributed by atoms with van der Waals surface area (Å²) in [5, 5.41) is 0. The summed E-state index contributed by atoms with van der Waals surface area (Å²) in [5.74, 6) is 2.58. The average molecular weight is 300 g/mol. The fraction of sp³-hybridized carbons (Fsp3) is 0.143. The molecule has 1 aliphatic carbocycles. The summed E-state index contributed by atoms with van der Waals surface area (Å²) >= 11 is 0. The Balaban J connectivity index is 1.89. The molecular formula is C21H20N2+. The van der Waals surface area contributed by atoms with Crippen LogP contribution in [0.1, 0.15) is 5.56 Å². The lowest BCUT2D eigenvalue weighted by molar-refractivity contribution is -0.634. The van der Waals surface area contributed by atoms with Crippen molar-refractivity contribution < 1.29 is 4.57 Å². The first-order chi connectivity index (χ1) is 11.2. The van der Waals surface area contributed by atoms with Gasteiger partial charge in [-0.05, 0) is 56.9 Å². The van der Waals surface area contributed by atoms with Gasteiger partial charge in [0.2, 0.25) is 0 Å². The molecule has 0 aliphatic heterocycles. The topological polar surface area (TPSA) is 8.81 Å². The van der Waals surface area contributed by atoms with Gasteiger partial charge in [-0.25, -0.2) is 9.13 Å². The van der Waals surface area contributed by atoms with Crippen LogP contribution in [0.4, 0.5) is 0 Å². The van der Waals surface area contributed by atoms with E-state index in [1.54, 1.807) is 0 Å². The molecule has 2 aromatic carbocycles. The van der Waals surface area contributed by atoms with E-state index in [2.05, 4.69) is 97.3 Å². The highest BCUT2D eigenvalue weighted by Gasteiger charge is 2.28. The molecule has 0 unspecified atom stereocenters. The second kappa shape index (κ2) is 5.84. The van der Waals surface area contributed by atoms with Crippen molar-refractivity contribution in [1.82, 2.24) is 4.57 Å². The van der Waals surface area contributed by atoms with E-state index in [4.69, 9.17) is 0 Å². The Hall–Kier alpha value is -2.09. The zero-order valence-electron chi connectivity index (χ0n) is 13.5. The molecule has 0 bridgehead atoms. The summed E-state index contributed by atoms with van der Waals surface area (Å²) in [6, 6.07) is 17.4. The smallest absolute Gasteiger partial charge is 0.226 e. The third-order valence-electron chi connectivity index (χ3n) is 4.49. The molecule has 3 aromatic rings. The Bertz CT molecular complexity index is 821. The number of aromatic nitrogens is 2. The molecule has 0 saturated heterocycles. The van der Waals surface area contributed by atoms with Crippen LogP contribution in [0.15, 0.2) is 48.5 Å². The summed E-state index contributed by atoms with van der Waals surface area (Å²) in [5.41, 5.74) is 5.07. The normalized spacial score (nSPS) is 15.6. The maximum Gasteiger partial charge on any atom is 0.289 e. The van der Waals surface area contributed by atoms with E-state index in [1.807, 2.05) is 0 Å². The van der Waals surface area contributed by atoms with Gasteiger partial charge < -0.3 is 0 Å². The Morgan fingerprint density at radius 2 is 1.61 bits per heavy atom. The molecule has 2 nitrogen and oxygen atoms in total. The Morgan fingerprint density at radius 3 is 2.35 bits per heavy atom. The van der Waals surface area contributed by atoms with Crippen LogP contribution >= 0.6 is 0 Å². The zero-order valence-corrected chi connectivity index (χ0v) is 13.5. The van der Waals surface area contributed by atoms with Crippen LogP contribution < -0.4 is 4.57 Å². The van der Waals surface area contributed by atoms with Crippen molar-refractivity contribution in [3.8, 4) is 11.4 Å². The highest BCUT2D eigenvalue weighted by atomic mass is 15.2. The van der Waals surface area contributed by atoms with Crippen molar-refractivity contribution in [3.63, 3.8) is 0 Å². The van der Waals surface area contributed by atoms with E-state index in [0.29, 0.717) is 0 Å².